The molecule has 2 fully saturated rings. The maximum Gasteiger partial charge on any atom is 0.216 e. The fourth-order valence-electron chi connectivity index (χ4n) is 2.56. The molecule has 0 amide bonds. The Kier molecular flexibility index (Phi) is 3.05. The molecule has 0 saturated heterocycles. The van der Waals surface area contributed by atoms with Crippen molar-refractivity contribution in [2.24, 2.45) is 11.7 Å². The van der Waals surface area contributed by atoms with E-state index in [2.05, 4.69) is 0 Å². The Bertz CT molecular complexity index is 324. The van der Waals surface area contributed by atoms with Crippen LogP contribution >= 0.6 is 0 Å². The monoisotopic (exact) mass is 232 g/mol. The summed E-state index contributed by atoms with van der Waals surface area (Å²) in [6.45, 7) is 0.606. The van der Waals surface area contributed by atoms with Crippen LogP contribution in [0.4, 0.5) is 0 Å². The van der Waals surface area contributed by atoms with Crippen LogP contribution in [0, 0.1) is 5.92 Å². The van der Waals surface area contributed by atoms with Crippen molar-refractivity contribution in [1.29, 1.82) is 0 Å². The average Bonchev–Trinajstić information content (AvgIpc) is 2.96. The van der Waals surface area contributed by atoms with Gasteiger partial charge in [-0.3, -0.25) is 0 Å². The van der Waals surface area contributed by atoms with Crippen LogP contribution in [-0.4, -0.2) is 37.6 Å². The zero-order valence-corrected chi connectivity index (χ0v) is 10.0. The summed E-state index contributed by atoms with van der Waals surface area (Å²) in [4.78, 5) is 0. The summed E-state index contributed by atoms with van der Waals surface area (Å²) in [6, 6.07) is 0.153. The first kappa shape index (κ1) is 11.4. The first-order chi connectivity index (χ1) is 7.07. The Labute approximate surface area is 91.9 Å². The smallest absolute Gasteiger partial charge is 0.216 e. The predicted molar refractivity (Wildman–Crippen MR) is 59.9 cm³/mol. The van der Waals surface area contributed by atoms with Crippen LogP contribution in [0.1, 0.15) is 32.1 Å². The van der Waals surface area contributed by atoms with Crippen molar-refractivity contribution in [3.8, 4) is 0 Å². The number of nitrogens with two attached hydrogens (primary N) is 1. The highest BCUT2D eigenvalue weighted by Gasteiger charge is 2.43. The minimum absolute atomic E-state index is 0.0958. The zero-order valence-electron chi connectivity index (χ0n) is 9.22. The molecule has 2 rings (SSSR count). The van der Waals surface area contributed by atoms with E-state index in [0.717, 1.165) is 32.1 Å². The zero-order chi connectivity index (χ0) is 11.1. The van der Waals surface area contributed by atoms with Gasteiger partial charge in [-0.2, -0.15) is 0 Å². The maximum atomic E-state index is 12.0. The van der Waals surface area contributed by atoms with E-state index < -0.39 is 10.0 Å². The van der Waals surface area contributed by atoms with Crippen molar-refractivity contribution < 1.29 is 8.42 Å². The van der Waals surface area contributed by atoms with Gasteiger partial charge in [-0.25, -0.2) is 12.7 Å². The Balaban J connectivity index is 2.09. The molecule has 2 saturated carbocycles. The van der Waals surface area contributed by atoms with Crippen LogP contribution in [-0.2, 0) is 10.0 Å². The van der Waals surface area contributed by atoms with Crippen molar-refractivity contribution in [3.05, 3.63) is 0 Å². The van der Waals surface area contributed by atoms with E-state index in [4.69, 9.17) is 5.73 Å². The molecule has 2 aliphatic carbocycles. The summed E-state index contributed by atoms with van der Waals surface area (Å²) in [5.74, 6) is 0.364. The predicted octanol–water partition coefficient (Wildman–Crippen LogP) is 0.538. The van der Waals surface area contributed by atoms with Gasteiger partial charge in [-0.05, 0) is 38.1 Å². The number of nitrogens with zero attached hydrogens (tertiary/aromatic N) is 1. The van der Waals surface area contributed by atoms with Gasteiger partial charge in [-0.15, -0.1) is 0 Å². The van der Waals surface area contributed by atoms with Gasteiger partial charge in [0.25, 0.3) is 0 Å². The normalized spacial score (nSPS) is 32.5. The maximum absolute atomic E-state index is 12.0. The van der Waals surface area contributed by atoms with E-state index in [0.29, 0.717) is 12.5 Å². The second-order valence-corrected chi connectivity index (χ2v) is 7.03. The third kappa shape index (κ3) is 2.05. The first-order valence-electron chi connectivity index (χ1n) is 5.74. The van der Waals surface area contributed by atoms with Gasteiger partial charge in [0, 0.05) is 13.1 Å². The van der Waals surface area contributed by atoms with Gasteiger partial charge in [0.2, 0.25) is 10.0 Å². The highest BCUT2D eigenvalue weighted by molar-refractivity contribution is 7.90. The minimum atomic E-state index is -3.01. The largest absolute Gasteiger partial charge is 0.330 e. The van der Waals surface area contributed by atoms with Gasteiger partial charge in [0.15, 0.2) is 0 Å². The number of hydrogen-bond donors (Lipinski definition) is 1. The minimum Gasteiger partial charge on any atom is -0.330 e. The molecule has 0 radical (unpaired) electrons. The molecule has 15 heavy (non-hydrogen) atoms. The Morgan fingerprint density at radius 3 is 2.47 bits per heavy atom. The Hall–Kier alpha value is -0.130. The molecule has 2 unspecified atom stereocenters. The average molecular weight is 232 g/mol. The van der Waals surface area contributed by atoms with Crippen molar-refractivity contribution in [2.75, 3.05) is 13.6 Å². The summed E-state index contributed by atoms with van der Waals surface area (Å²) >= 11 is 0. The van der Waals surface area contributed by atoms with E-state index in [1.165, 1.54) is 0 Å². The molecule has 0 aromatic rings. The summed E-state index contributed by atoms with van der Waals surface area (Å²) < 4.78 is 25.7. The Morgan fingerprint density at radius 2 is 1.93 bits per heavy atom. The number of sulfonamides is 1. The summed E-state index contributed by atoms with van der Waals surface area (Å²) in [6.07, 6.45) is 4.84. The molecule has 2 atom stereocenters. The topological polar surface area (TPSA) is 63.4 Å². The fraction of sp³-hybridized carbons (Fsp3) is 1.00. The fourth-order valence-corrected chi connectivity index (χ4v) is 4.42. The van der Waals surface area contributed by atoms with Crippen molar-refractivity contribution in [3.63, 3.8) is 0 Å². The van der Waals surface area contributed by atoms with Gasteiger partial charge in [0.05, 0.1) is 5.25 Å². The first-order valence-corrected chi connectivity index (χ1v) is 7.24. The quantitative estimate of drug-likeness (QED) is 0.769. The molecule has 0 aliphatic heterocycles. The molecule has 0 aromatic heterocycles. The summed E-state index contributed by atoms with van der Waals surface area (Å²) in [5.41, 5.74) is 5.68. The Morgan fingerprint density at radius 1 is 1.27 bits per heavy atom. The second-order valence-electron chi connectivity index (χ2n) is 4.75. The lowest BCUT2D eigenvalue weighted by Crippen LogP contribution is -2.42. The van der Waals surface area contributed by atoms with Gasteiger partial charge < -0.3 is 5.73 Å². The molecular formula is C10H20N2O2S. The molecule has 5 heteroatoms. The third-order valence-corrected chi connectivity index (χ3v) is 6.12. The van der Waals surface area contributed by atoms with E-state index in [1.54, 1.807) is 11.4 Å². The molecule has 2 N–H and O–H groups in total. The van der Waals surface area contributed by atoms with Crippen molar-refractivity contribution >= 4 is 10.0 Å². The van der Waals surface area contributed by atoms with E-state index in [9.17, 15) is 8.42 Å². The lowest BCUT2D eigenvalue weighted by molar-refractivity contribution is 0.304. The van der Waals surface area contributed by atoms with Crippen LogP contribution in [0.3, 0.4) is 0 Å². The second kappa shape index (κ2) is 4.03. The highest BCUT2D eigenvalue weighted by atomic mass is 32.2. The standard InChI is InChI=1S/C10H20N2O2S/c1-12(15(13,14)9-5-6-9)10-4-2-3-8(10)7-11/h8-10H,2-7,11H2,1H3. The SMILES string of the molecule is CN(C1CCCC1CN)S(=O)(=O)C1CC1. The molecule has 88 valence electrons. The number of hydrogen-bond acceptors (Lipinski definition) is 3. The molecule has 0 spiro atoms. The van der Waals surface area contributed by atoms with E-state index >= 15 is 0 Å². The lowest BCUT2D eigenvalue weighted by atomic mass is 10.0. The van der Waals surface area contributed by atoms with Crippen LogP contribution in [0.15, 0.2) is 0 Å². The van der Waals surface area contributed by atoms with Crippen molar-refractivity contribution in [1.82, 2.24) is 4.31 Å². The van der Waals surface area contributed by atoms with Gasteiger partial charge in [-0.1, -0.05) is 6.42 Å². The van der Waals surface area contributed by atoms with Crippen LogP contribution in [0.25, 0.3) is 0 Å². The van der Waals surface area contributed by atoms with Crippen LogP contribution < -0.4 is 5.73 Å². The lowest BCUT2D eigenvalue weighted by Gasteiger charge is -2.28. The van der Waals surface area contributed by atoms with Crippen LogP contribution in [0.5, 0.6) is 0 Å². The number of rotatable bonds is 4. The van der Waals surface area contributed by atoms with E-state index in [-0.39, 0.29) is 11.3 Å². The highest BCUT2D eigenvalue weighted by Crippen LogP contribution is 2.36. The van der Waals surface area contributed by atoms with Gasteiger partial charge in [0.1, 0.15) is 0 Å². The third-order valence-electron chi connectivity index (χ3n) is 3.74. The van der Waals surface area contributed by atoms with E-state index in [1.807, 2.05) is 0 Å². The van der Waals surface area contributed by atoms with Crippen molar-refractivity contribution in [2.45, 2.75) is 43.4 Å². The molecule has 0 aromatic carbocycles. The molecule has 2 aliphatic rings. The van der Waals surface area contributed by atoms with Crippen LogP contribution in [0.2, 0.25) is 0 Å². The molecule has 0 bridgehead atoms. The summed E-state index contributed by atoms with van der Waals surface area (Å²) in [7, 11) is -1.29. The van der Waals surface area contributed by atoms with Gasteiger partial charge >= 0.3 is 0 Å². The molecule has 0 heterocycles. The molecular weight excluding hydrogens is 212 g/mol. The molecule has 4 nitrogen and oxygen atoms in total. The summed E-state index contributed by atoms with van der Waals surface area (Å²) in [5, 5.41) is -0.0958.